The van der Waals surface area contributed by atoms with Crippen molar-refractivity contribution < 1.29 is 4.52 Å². The lowest BCUT2D eigenvalue weighted by atomic mass is 9.98. The zero-order chi connectivity index (χ0) is 14.4. The van der Waals surface area contributed by atoms with Crippen LogP contribution < -0.4 is 5.32 Å². The van der Waals surface area contributed by atoms with E-state index in [4.69, 9.17) is 4.52 Å². The Hall–Kier alpha value is -0.870. The van der Waals surface area contributed by atoms with Gasteiger partial charge in [0, 0.05) is 24.7 Å². The summed E-state index contributed by atoms with van der Waals surface area (Å²) in [4.78, 5) is 2.58. The molecule has 4 nitrogen and oxygen atoms in total. The predicted molar refractivity (Wildman–Crippen MR) is 81.4 cm³/mol. The van der Waals surface area contributed by atoms with Gasteiger partial charge in [0.15, 0.2) is 5.76 Å². The van der Waals surface area contributed by atoms with Gasteiger partial charge in [-0.15, -0.1) is 0 Å². The van der Waals surface area contributed by atoms with Crippen LogP contribution in [-0.4, -0.2) is 28.7 Å². The fourth-order valence-corrected chi connectivity index (χ4v) is 2.95. The minimum atomic E-state index is 0.478. The average Bonchev–Trinajstić information content (AvgIpc) is 2.87. The van der Waals surface area contributed by atoms with E-state index in [-0.39, 0.29) is 0 Å². The molecule has 1 aliphatic heterocycles. The maximum Gasteiger partial charge on any atom is 0.151 e. The number of nitrogens with zero attached hydrogens (tertiary/aromatic N) is 2. The summed E-state index contributed by atoms with van der Waals surface area (Å²) >= 11 is 0. The van der Waals surface area contributed by atoms with Crippen LogP contribution in [0.4, 0.5) is 0 Å². The van der Waals surface area contributed by atoms with Crippen LogP contribution >= 0.6 is 0 Å². The normalized spacial score (nSPS) is 20.7. The van der Waals surface area contributed by atoms with Crippen LogP contribution in [0.1, 0.15) is 64.3 Å². The lowest BCUT2D eigenvalue weighted by molar-refractivity contribution is 0.118. The zero-order valence-corrected chi connectivity index (χ0v) is 13.2. The third-order valence-electron chi connectivity index (χ3n) is 4.03. The van der Waals surface area contributed by atoms with E-state index in [1.807, 2.05) is 0 Å². The summed E-state index contributed by atoms with van der Waals surface area (Å²) in [5.41, 5.74) is 1.01. The highest BCUT2D eigenvalue weighted by atomic mass is 16.5. The lowest BCUT2D eigenvalue weighted by Crippen LogP contribution is -2.38. The Bertz CT molecular complexity index is 387. The first-order valence-corrected chi connectivity index (χ1v) is 8.11. The molecule has 1 aromatic heterocycles. The van der Waals surface area contributed by atoms with Gasteiger partial charge in [-0.25, -0.2) is 0 Å². The van der Waals surface area contributed by atoms with Gasteiger partial charge in [-0.05, 0) is 25.8 Å². The Morgan fingerprint density at radius 2 is 2.30 bits per heavy atom. The molecular weight excluding hydrogens is 250 g/mol. The smallest absolute Gasteiger partial charge is 0.151 e. The van der Waals surface area contributed by atoms with Gasteiger partial charge in [0.2, 0.25) is 0 Å². The minimum Gasteiger partial charge on any atom is -0.360 e. The molecule has 0 aromatic carbocycles. The number of nitrogens with one attached hydrogen (secondary N) is 1. The van der Waals surface area contributed by atoms with Gasteiger partial charge in [0.05, 0.1) is 12.2 Å². The van der Waals surface area contributed by atoms with Crippen molar-refractivity contribution in [3.8, 4) is 0 Å². The molecule has 0 spiro atoms. The summed E-state index contributed by atoms with van der Waals surface area (Å²) in [7, 11) is 0. The highest BCUT2D eigenvalue weighted by Gasteiger charge is 2.22. The van der Waals surface area contributed by atoms with Crippen LogP contribution in [0.3, 0.4) is 0 Å². The van der Waals surface area contributed by atoms with E-state index in [1.54, 1.807) is 0 Å². The molecule has 1 atom stereocenters. The van der Waals surface area contributed by atoms with Crippen LogP contribution in [-0.2, 0) is 13.1 Å². The highest BCUT2D eigenvalue weighted by Crippen LogP contribution is 2.23. The Morgan fingerprint density at radius 1 is 1.45 bits per heavy atom. The largest absolute Gasteiger partial charge is 0.360 e. The predicted octanol–water partition coefficient (Wildman–Crippen LogP) is 3.33. The van der Waals surface area contributed by atoms with Gasteiger partial charge in [-0.1, -0.05) is 38.8 Å². The van der Waals surface area contributed by atoms with E-state index in [9.17, 15) is 0 Å². The maximum absolute atomic E-state index is 5.49. The second-order valence-corrected chi connectivity index (χ2v) is 6.23. The summed E-state index contributed by atoms with van der Waals surface area (Å²) in [6.45, 7) is 9.47. The summed E-state index contributed by atoms with van der Waals surface area (Å²) in [5, 5.41) is 7.53. The number of hydrogen-bond donors (Lipinski definition) is 1. The molecule has 1 unspecified atom stereocenters. The second kappa shape index (κ2) is 7.79. The van der Waals surface area contributed by atoms with Gasteiger partial charge in [-0.2, -0.15) is 0 Å². The molecule has 2 heterocycles. The molecule has 1 aromatic rings. The molecule has 0 saturated carbocycles. The first kappa shape index (κ1) is 15.5. The molecule has 1 aliphatic rings. The van der Waals surface area contributed by atoms with Gasteiger partial charge < -0.3 is 9.84 Å². The number of aromatic nitrogens is 1. The van der Waals surface area contributed by atoms with Crippen molar-refractivity contribution >= 4 is 0 Å². The van der Waals surface area contributed by atoms with E-state index in [1.165, 1.54) is 38.6 Å². The van der Waals surface area contributed by atoms with Gasteiger partial charge in [-0.3, -0.25) is 4.90 Å². The average molecular weight is 279 g/mol. The summed E-state index contributed by atoms with van der Waals surface area (Å²) in [5.74, 6) is 1.01. The van der Waals surface area contributed by atoms with Gasteiger partial charge >= 0.3 is 0 Å². The van der Waals surface area contributed by atoms with E-state index in [2.05, 4.69) is 42.2 Å². The van der Waals surface area contributed by atoms with Crippen LogP contribution in [0.25, 0.3) is 0 Å². The first-order valence-electron chi connectivity index (χ1n) is 8.11. The van der Waals surface area contributed by atoms with Crippen LogP contribution in [0.15, 0.2) is 10.6 Å². The molecule has 0 aliphatic carbocycles. The van der Waals surface area contributed by atoms with Crippen molar-refractivity contribution in [3.63, 3.8) is 0 Å². The monoisotopic (exact) mass is 279 g/mol. The third kappa shape index (κ3) is 4.60. The van der Waals surface area contributed by atoms with E-state index < -0.39 is 0 Å². The molecule has 0 radical (unpaired) electrons. The molecule has 0 bridgehead atoms. The van der Waals surface area contributed by atoms with Crippen molar-refractivity contribution in [3.05, 3.63) is 17.5 Å². The molecule has 1 fully saturated rings. The molecule has 2 rings (SSSR count). The molecule has 1 saturated heterocycles. The van der Waals surface area contributed by atoms with E-state index in [0.717, 1.165) is 30.6 Å². The Kier molecular flexibility index (Phi) is 6.05. The standard InChI is InChI=1S/C16H29N3O/c1-4-7-15-8-5-6-9-19(15)12-16-10-14(18-20-16)11-17-13(2)3/h10,13,15,17H,4-9,11-12H2,1-3H3. The van der Waals surface area contributed by atoms with Crippen LogP contribution in [0, 0.1) is 0 Å². The fourth-order valence-electron chi connectivity index (χ4n) is 2.95. The molecular formula is C16H29N3O. The fraction of sp³-hybridized carbons (Fsp3) is 0.812. The molecule has 1 N–H and O–H groups in total. The number of piperidine rings is 1. The van der Waals surface area contributed by atoms with Crippen molar-refractivity contribution in [2.45, 2.75) is 78.0 Å². The molecule has 0 amide bonds. The molecule has 4 heteroatoms. The summed E-state index contributed by atoms with van der Waals surface area (Å²) in [6, 6.07) is 3.31. The molecule has 20 heavy (non-hydrogen) atoms. The second-order valence-electron chi connectivity index (χ2n) is 6.23. The first-order chi connectivity index (χ1) is 9.69. The van der Waals surface area contributed by atoms with Crippen molar-refractivity contribution in [2.75, 3.05) is 6.54 Å². The number of rotatable bonds is 7. The lowest BCUT2D eigenvalue weighted by Gasteiger charge is -2.34. The van der Waals surface area contributed by atoms with Gasteiger partial charge in [0.25, 0.3) is 0 Å². The molecule has 114 valence electrons. The van der Waals surface area contributed by atoms with E-state index in [0.29, 0.717) is 6.04 Å². The summed E-state index contributed by atoms with van der Waals surface area (Å²) < 4.78 is 5.49. The van der Waals surface area contributed by atoms with Crippen LogP contribution in [0.2, 0.25) is 0 Å². The SMILES string of the molecule is CCCC1CCCCN1Cc1cc(CNC(C)C)no1. The van der Waals surface area contributed by atoms with Crippen molar-refractivity contribution in [1.82, 2.24) is 15.4 Å². The van der Waals surface area contributed by atoms with Crippen molar-refractivity contribution in [1.29, 1.82) is 0 Å². The Balaban J connectivity index is 1.88. The van der Waals surface area contributed by atoms with E-state index >= 15 is 0 Å². The highest BCUT2D eigenvalue weighted by molar-refractivity contribution is 5.05. The summed E-state index contributed by atoms with van der Waals surface area (Å²) in [6.07, 6.45) is 6.60. The van der Waals surface area contributed by atoms with Gasteiger partial charge in [0.1, 0.15) is 0 Å². The topological polar surface area (TPSA) is 41.3 Å². The maximum atomic E-state index is 5.49. The zero-order valence-electron chi connectivity index (χ0n) is 13.2. The van der Waals surface area contributed by atoms with Crippen LogP contribution in [0.5, 0.6) is 0 Å². The number of hydrogen-bond acceptors (Lipinski definition) is 4. The quantitative estimate of drug-likeness (QED) is 0.831. The Labute approximate surface area is 122 Å². The minimum absolute atomic E-state index is 0.478. The van der Waals surface area contributed by atoms with Crippen molar-refractivity contribution in [2.24, 2.45) is 0 Å². The Morgan fingerprint density at radius 3 is 3.05 bits per heavy atom. The third-order valence-corrected chi connectivity index (χ3v) is 4.03. The number of likely N-dealkylation sites (tertiary alicyclic amines) is 1.